The van der Waals surface area contributed by atoms with E-state index in [2.05, 4.69) is 4.98 Å². The van der Waals surface area contributed by atoms with Crippen molar-refractivity contribution in [3.8, 4) is 0 Å². The molecule has 1 aromatic carbocycles. The third kappa shape index (κ3) is 2.76. The number of hydrogen-bond donors (Lipinski definition) is 1. The summed E-state index contributed by atoms with van der Waals surface area (Å²) in [5, 5.41) is 0.342. The van der Waals surface area contributed by atoms with E-state index in [9.17, 15) is 8.78 Å². The lowest BCUT2D eigenvalue weighted by molar-refractivity contribution is 0.148. The van der Waals surface area contributed by atoms with Crippen molar-refractivity contribution in [1.82, 2.24) is 4.98 Å². The number of aryl methyl sites for hydroxylation is 1. The molecule has 0 amide bonds. The highest BCUT2D eigenvalue weighted by Crippen LogP contribution is 2.35. The van der Waals surface area contributed by atoms with Gasteiger partial charge in [-0.2, -0.15) is 0 Å². The molecule has 2 N–H and O–H groups in total. The average molecular weight is 256 g/mol. The second-order valence-corrected chi connectivity index (χ2v) is 4.45. The molecule has 3 nitrogen and oxygen atoms in total. The first-order valence-electron chi connectivity index (χ1n) is 4.84. The fourth-order valence-corrected chi connectivity index (χ4v) is 2.18. The van der Waals surface area contributed by atoms with Crippen molar-refractivity contribution in [2.45, 2.75) is 23.5 Å². The monoisotopic (exact) mass is 256 g/mol. The second kappa shape index (κ2) is 4.75. The highest BCUT2D eigenvalue weighted by atomic mass is 32.2. The Morgan fingerprint density at radius 1 is 1.41 bits per heavy atom. The topological polar surface area (TPSA) is 52.0 Å². The van der Waals surface area contributed by atoms with Gasteiger partial charge in [0.2, 0.25) is 0 Å². The molecule has 90 valence electrons. The van der Waals surface area contributed by atoms with Crippen molar-refractivity contribution in [3.63, 3.8) is 0 Å². The Labute approximate surface area is 101 Å². The van der Waals surface area contributed by atoms with E-state index in [4.69, 9.17) is 10.2 Å². The average Bonchev–Trinajstić information content (AvgIpc) is 2.66. The smallest absolute Gasteiger partial charge is 0.265 e. The summed E-state index contributed by atoms with van der Waals surface area (Å²) in [5.74, 6) is 0. The molecular formula is C11H10F2N2OS. The lowest BCUT2D eigenvalue weighted by Gasteiger charge is -2.07. The number of rotatable bonds is 3. The van der Waals surface area contributed by atoms with Crippen molar-refractivity contribution < 1.29 is 13.2 Å². The Hall–Kier alpha value is -1.56. The van der Waals surface area contributed by atoms with Gasteiger partial charge in [0, 0.05) is 16.1 Å². The van der Waals surface area contributed by atoms with Gasteiger partial charge in [-0.3, -0.25) is 0 Å². The number of aromatic nitrogens is 1. The van der Waals surface area contributed by atoms with Crippen LogP contribution >= 0.6 is 11.8 Å². The van der Waals surface area contributed by atoms with Crippen LogP contribution in [-0.4, -0.2) is 4.98 Å². The van der Waals surface area contributed by atoms with E-state index in [0.717, 1.165) is 11.8 Å². The van der Waals surface area contributed by atoms with E-state index >= 15 is 0 Å². The van der Waals surface area contributed by atoms with Crippen molar-refractivity contribution in [2.75, 3.05) is 5.73 Å². The van der Waals surface area contributed by atoms with Crippen molar-refractivity contribution in [2.24, 2.45) is 0 Å². The van der Waals surface area contributed by atoms with Gasteiger partial charge in [0.05, 0.1) is 5.69 Å². The van der Waals surface area contributed by atoms with Crippen LogP contribution in [0.2, 0.25) is 0 Å². The summed E-state index contributed by atoms with van der Waals surface area (Å²) in [6.07, 6.45) is -1.10. The Morgan fingerprint density at radius 3 is 2.76 bits per heavy atom. The third-order valence-corrected chi connectivity index (χ3v) is 3.02. The quantitative estimate of drug-likeness (QED) is 0.851. The lowest BCUT2D eigenvalue weighted by Crippen LogP contribution is -1.92. The molecule has 1 aromatic heterocycles. The normalized spacial score (nSPS) is 11.1. The van der Waals surface area contributed by atoms with E-state index in [1.165, 1.54) is 12.3 Å². The molecule has 0 aliphatic rings. The van der Waals surface area contributed by atoms with Gasteiger partial charge in [-0.05, 0) is 36.9 Å². The fraction of sp³-hybridized carbons (Fsp3) is 0.182. The van der Waals surface area contributed by atoms with Crippen molar-refractivity contribution >= 4 is 17.4 Å². The van der Waals surface area contributed by atoms with Crippen LogP contribution in [0.3, 0.4) is 0 Å². The predicted octanol–water partition coefficient (Wildman–Crippen LogP) is 3.65. The molecule has 0 radical (unpaired) electrons. The van der Waals surface area contributed by atoms with Crippen molar-refractivity contribution in [3.05, 3.63) is 35.7 Å². The first-order chi connectivity index (χ1) is 8.06. The zero-order valence-electron chi connectivity index (χ0n) is 8.98. The van der Waals surface area contributed by atoms with E-state index in [1.54, 1.807) is 19.1 Å². The Bertz CT molecular complexity index is 528. The third-order valence-electron chi connectivity index (χ3n) is 2.06. The predicted molar refractivity (Wildman–Crippen MR) is 61.2 cm³/mol. The molecule has 0 saturated heterocycles. The number of nitrogens with zero attached hydrogens (tertiary/aromatic N) is 1. The number of nitrogens with two attached hydrogens (primary N) is 1. The van der Waals surface area contributed by atoms with Gasteiger partial charge in [-0.25, -0.2) is 13.8 Å². The van der Waals surface area contributed by atoms with E-state index in [0.29, 0.717) is 21.5 Å². The summed E-state index contributed by atoms with van der Waals surface area (Å²) in [6.45, 7) is 1.77. The van der Waals surface area contributed by atoms with Gasteiger partial charge in [0.1, 0.15) is 6.26 Å². The summed E-state index contributed by atoms with van der Waals surface area (Å²) in [6, 6.07) is 4.38. The second-order valence-electron chi connectivity index (χ2n) is 3.45. The maximum Gasteiger partial charge on any atom is 0.265 e. The molecule has 2 rings (SSSR count). The number of alkyl halides is 2. The van der Waals surface area contributed by atoms with Crippen LogP contribution in [0.4, 0.5) is 14.5 Å². The molecule has 1 heterocycles. The first-order valence-corrected chi connectivity index (χ1v) is 5.65. The molecule has 0 atom stereocenters. The maximum absolute atomic E-state index is 12.8. The molecule has 0 unspecified atom stereocenters. The molecule has 17 heavy (non-hydrogen) atoms. The van der Waals surface area contributed by atoms with Crippen LogP contribution in [0.25, 0.3) is 0 Å². The Kier molecular flexibility index (Phi) is 3.33. The van der Waals surface area contributed by atoms with Gasteiger partial charge in [-0.1, -0.05) is 0 Å². The zero-order chi connectivity index (χ0) is 12.4. The largest absolute Gasteiger partial charge is 0.439 e. The van der Waals surface area contributed by atoms with Crippen LogP contribution < -0.4 is 5.73 Å². The Morgan fingerprint density at radius 2 is 2.18 bits per heavy atom. The fourth-order valence-electron chi connectivity index (χ4n) is 1.30. The van der Waals surface area contributed by atoms with E-state index < -0.39 is 6.43 Å². The molecule has 0 bridgehead atoms. The maximum atomic E-state index is 12.8. The number of benzene rings is 1. The molecule has 0 aliphatic carbocycles. The van der Waals surface area contributed by atoms with Gasteiger partial charge in [0.25, 0.3) is 11.6 Å². The van der Waals surface area contributed by atoms with Crippen LogP contribution in [0, 0.1) is 6.92 Å². The summed E-state index contributed by atoms with van der Waals surface area (Å²) < 4.78 is 30.7. The molecule has 0 saturated carbocycles. The summed E-state index contributed by atoms with van der Waals surface area (Å²) >= 11 is 1.06. The molecular weight excluding hydrogens is 246 g/mol. The molecule has 0 fully saturated rings. The summed E-state index contributed by atoms with van der Waals surface area (Å²) in [7, 11) is 0. The summed E-state index contributed by atoms with van der Waals surface area (Å²) in [5.41, 5.74) is 6.40. The Balaban J connectivity index is 2.32. The van der Waals surface area contributed by atoms with E-state index in [1.807, 2.05) is 0 Å². The van der Waals surface area contributed by atoms with Gasteiger partial charge >= 0.3 is 0 Å². The number of anilines is 1. The number of hydrogen-bond acceptors (Lipinski definition) is 4. The standard InChI is InChI=1S/C11H10F2N2OS/c1-6-5-16-11(15-6)17-9-3-2-7(14)4-8(9)10(12)13/h2-5,10H,14H2,1H3. The molecule has 0 spiro atoms. The van der Waals surface area contributed by atoms with Crippen LogP contribution in [0.15, 0.2) is 39.0 Å². The van der Waals surface area contributed by atoms with Gasteiger partial charge < -0.3 is 10.2 Å². The number of oxazole rings is 1. The van der Waals surface area contributed by atoms with Crippen molar-refractivity contribution in [1.29, 1.82) is 0 Å². The summed E-state index contributed by atoms with van der Waals surface area (Å²) in [4.78, 5) is 4.45. The first kappa shape index (κ1) is 11.9. The van der Waals surface area contributed by atoms with E-state index in [-0.39, 0.29) is 5.56 Å². The van der Waals surface area contributed by atoms with Crippen LogP contribution in [0.1, 0.15) is 17.7 Å². The minimum absolute atomic E-state index is 0.106. The number of nitrogen functional groups attached to an aromatic ring is 1. The zero-order valence-corrected chi connectivity index (χ0v) is 9.80. The SMILES string of the molecule is Cc1coc(Sc2ccc(N)cc2C(F)F)n1. The van der Waals surface area contributed by atoms with Gasteiger partial charge in [-0.15, -0.1) is 0 Å². The molecule has 6 heteroatoms. The highest BCUT2D eigenvalue weighted by molar-refractivity contribution is 7.99. The molecule has 2 aromatic rings. The van der Waals surface area contributed by atoms with Gasteiger partial charge in [0.15, 0.2) is 0 Å². The highest BCUT2D eigenvalue weighted by Gasteiger charge is 2.16. The minimum atomic E-state index is -2.57. The molecule has 0 aliphatic heterocycles. The number of halogens is 2. The van der Waals surface area contributed by atoms with Crippen LogP contribution in [0.5, 0.6) is 0 Å². The lowest BCUT2D eigenvalue weighted by atomic mass is 10.2. The minimum Gasteiger partial charge on any atom is -0.439 e. The van der Waals surface area contributed by atoms with Crippen LogP contribution in [-0.2, 0) is 0 Å².